The topological polar surface area (TPSA) is 137 Å². The molecule has 0 radical (unpaired) electrons. The number of hydrogen-bond acceptors (Lipinski definition) is 6. The van der Waals surface area contributed by atoms with Crippen LogP contribution in [0, 0.1) is 0 Å². The number of nitrogens with two attached hydrogens (primary N) is 2. The van der Waals surface area contributed by atoms with E-state index in [1.54, 1.807) is 0 Å². The van der Waals surface area contributed by atoms with E-state index in [0.717, 1.165) is 0 Å². The number of primary amides is 1. The van der Waals surface area contributed by atoms with Crippen LogP contribution in [0.1, 0.15) is 0 Å². The third-order valence-corrected chi connectivity index (χ3v) is 3.82. The Morgan fingerprint density at radius 2 is 2.10 bits per heavy atom. The average molecular weight is 302 g/mol. The molecule has 0 aromatic heterocycles. The fraction of sp³-hybridized carbons (Fsp3) is 0.364. The van der Waals surface area contributed by atoms with Gasteiger partial charge in [-0.3, -0.25) is 4.79 Å². The van der Waals surface area contributed by atoms with Crippen LogP contribution in [-0.2, 0) is 19.6 Å². The molecule has 0 spiro atoms. The summed E-state index contributed by atoms with van der Waals surface area (Å²) in [7, 11) is -2.19. The molecular weight excluding hydrogens is 284 g/mol. The van der Waals surface area contributed by atoms with Crippen molar-refractivity contribution in [2.45, 2.75) is 4.90 Å². The van der Waals surface area contributed by atoms with Crippen LogP contribution in [0.2, 0.25) is 0 Å². The summed E-state index contributed by atoms with van der Waals surface area (Å²) in [4.78, 5) is 10.6. The Bertz CT molecular complexity index is 574. The monoisotopic (exact) mass is 302 g/mol. The summed E-state index contributed by atoms with van der Waals surface area (Å²) in [5.74, 6) is -0.549. The number of anilines is 2. The van der Waals surface area contributed by atoms with Gasteiger partial charge in [0.15, 0.2) is 0 Å². The normalized spacial score (nSPS) is 11.2. The third kappa shape index (κ3) is 4.68. The molecule has 0 aliphatic heterocycles. The van der Waals surface area contributed by atoms with Crippen molar-refractivity contribution in [2.24, 2.45) is 5.73 Å². The second-order valence-corrected chi connectivity index (χ2v) is 5.79. The zero-order valence-electron chi connectivity index (χ0n) is 11.0. The van der Waals surface area contributed by atoms with Gasteiger partial charge in [-0.2, -0.15) is 0 Å². The molecule has 0 unspecified atom stereocenters. The molecule has 0 saturated carbocycles. The van der Waals surface area contributed by atoms with E-state index >= 15 is 0 Å². The first kappa shape index (κ1) is 16.2. The summed E-state index contributed by atoms with van der Waals surface area (Å²) in [5.41, 5.74) is 11.5. The maximum atomic E-state index is 11.7. The highest BCUT2D eigenvalue weighted by Crippen LogP contribution is 2.22. The Hall–Kier alpha value is -1.84. The standard InChI is InChI=1S/C11H18N4O4S/c1-14-20(17,18)8-2-3-9(12)10(6-8)15-4-5-19-7-11(13)16/h2-3,6,14-15H,4-5,7,12H2,1H3,(H2,13,16). The summed E-state index contributed by atoms with van der Waals surface area (Å²) in [6, 6.07) is 4.34. The number of nitrogen functional groups attached to an aromatic ring is 1. The van der Waals surface area contributed by atoms with Gasteiger partial charge in [0, 0.05) is 6.54 Å². The van der Waals surface area contributed by atoms with Crippen LogP contribution in [0.25, 0.3) is 0 Å². The van der Waals surface area contributed by atoms with E-state index < -0.39 is 15.9 Å². The first-order valence-corrected chi connectivity index (χ1v) is 7.28. The highest BCUT2D eigenvalue weighted by molar-refractivity contribution is 7.89. The van der Waals surface area contributed by atoms with Crippen molar-refractivity contribution in [1.82, 2.24) is 4.72 Å². The summed E-state index contributed by atoms with van der Waals surface area (Å²) in [6.45, 7) is 0.442. The minimum Gasteiger partial charge on any atom is -0.397 e. The Labute approximate surface area is 117 Å². The quantitative estimate of drug-likeness (QED) is 0.362. The Morgan fingerprint density at radius 3 is 2.70 bits per heavy atom. The highest BCUT2D eigenvalue weighted by Gasteiger charge is 2.12. The van der Waals surface area contributed by atoms with Crippen LogP contribution in [0.3, 0.4) is 0 Å². The van der Waals surface area contributed by atoms with Crippen molar-refractivity contribution in [1.29, 1.82) is 0 Å². The van der Waals surface area contributed by atoms with E-state index in [2.05, 4.69) is 10.0 Å². The number of amides is 1. The van der Waals surface area contributed by atoms with Crippen molar-refractivity contribution in [3.63, 3.8) is 0 Å². The second kappa shape index (κ2) is 7.08. The third-order valence-electron chi connectivity index (χ3n) is 2.41. The SMILES string of the molecule is CNS(=O)(=O)c1ccc(N)c(NCCOCC(N)=O)c1. The number of benzene rings is 1. The lowest BCUT2D eigenvalue weighted by Gasteiger charge is -2.11. The van der Waals surface area contributed by atoms with Gasteiger partial charge in [-0.15, -0.1) is 0 Å². The van der Waals surface area contributed by atoms with E-state index in [-0.39, 0.29) is 18.1 Å². The zero-order valence-corrected chi connectivity index (χ0v) is 11.9. The molecule has 20 heavy (non-hydrogen) atoms. The van der Waals surface area contributed by atoms with Crippen molar-refractivity contribution >= 4 is 27.3 Å². The van der Waals surface area contributed by atoms with Gasteiger partial charge in [0.2, 0.25) is 15.9 Å². The molecule has 1 aromatic carbocycles. The van der Waals surface area contributed by atoms with Crippen LogP contribution < -0.4 is 21.5 Å². The Morgan fingerprint density at radius 1 is 1.40 bits per heavy atom. The highest BCUT2D eigenvalue weighted by atomic mass is 32.2. The van der Waals surface area contributed by atoms with Crippen molar-refractivity contribution in [3.8, 4) is 0 Å². The lowest BCUT2D eigenvalue weighted by molar-refractivity contribution is -0.122. The number of hydrogen-bond donors (Lipinski definition) is 4. The van der Waals surface area contributed by atoms with Gasteiger partial charge in [-0.05, 0) is 25.2 Å². The number of rotatable bonds is 8. The van der Waals surface area contributed by atoms with Gasteiger partial charge in [-0.25, -0.2) is 13.1 Å². The smallest absolute Gasteiger partial charge is 0.243 e. The Balaban J connectivity index is 2.66. The molecule has 0 heterocycles. The molecule has 112 valence electrons. The predicted molar refractivity (Wildman–Crippen MR) is 75.6 cm³/mol. The molecule has 0 atom stereocenters. The van der Waals surface area contributed by atoms with Gasteiger partial charge in [-0.1, -0.05) is 0 Å². The van der Waals surface area contributed by atoms with Gasteiger partial charge < -0.3 is 21.5 Å². The van der Waals surface area contributed by atoms with E-state index in [1.165, 1.54) is 25.2 Å². The summed E-state index contributed by atoms with van der Waals surface area (Å²) in [5, 5.41) is 2.93. The van der Waals surface area contributed by atoms with Crippen LogP contribution in [0.5, 0.6) is 0 Å². The van der Waals surface area contributed by atoms with E-state index in [9.17, 15) is 13.2 Å². The Kier molecular flexibility index (Phi) is 5.74. The minimum absolute atomic E-state index is 0.106. The zero-order chi connectivity index (χ0) is 15.2. The number of sulfonamides is 1. The molecule has 6 N–H and O–H groups in total. The van der Waals surface area contributed by atoms with Gasteiger partial charge in [0.05, 0.1) is 22.9 Å². The molecule has 0 aliphatic rings. The molecule has 1 rings (SSSR count). The molecule has 1 amide bonds. The van der Waals surface area contributed by atoms with Crippen LogP contribution in [0.15, 0.2) is 23.1 Å². The van der Waals surface area contributed by atoms with Crippen molar-refractivity contribution in [3.05, 3.63) is 18.2 Å². The lowest BCUT2D eigenvalue weighted by atomic mass is 10.2. The number of carbonyl (C=O) groups is 1. The fourth-order valence-electron chi connectivity index (χ4n) is 1.40. The maximum Gasteiger partial charge on any atom is 0.243 e. The molecule has 0 saturated heterocycles. The lowest BCUT2D eigenvalue weighted by Crippen LogP contribution is -2.21. The van der Waals surface area contributed by atoms with E-state index in [0.29, 0.717) is 17.9 Å². The van der Waals surface area contributed by atoms with Crippen LogP contribution >= 0.6 is 0 Å². The first-order chi connectivity index (χ1) is 9.36. The van der Waals surface area contributed by atoms with Crippen molar-refractivity contribution < 1.29 is 17.9 Å². The summed E-state index contributed by atoms with van der Waals surface area (Å²) in [6.07, 6.45) is 0. The summed E-state index contributed by atoms with van der Waals surface area (Å²) >= 11 is 0. The fourth-order valence-corrected chi connectivity index (χ4v) is 2.16. The molecule has 0 bridgehead atoms. The molecule has 1 aromatic rings. The van der Waals surface area contributed by atoms with Crippen LogP contribution in [0.4, 0.5) is 11.4 Å². The predicted octanol–water partition coefficient (Wildman–Crippen LogP) is -0.909. The molecular formula is C11H18N4O4S. The van der Waals surface area contributed by atoms with E-state index in [4.69, 9.17) is 16.2 Å². The van der Waals surface area contributed by atoms with Crippen molar-refractivity contribution in [2.75, 3.05) is 37.9 Å². The maximum absolute atomic E-state index is 11.7. The number of ether oxygens (including phenoxy) is 1. The van der Waals surface area contributed by atoms with Gasteiger partial charge >= 0.3 is 0 Å². The van der Waals surface area contributed by atoms with E-state index in [1.807, 2.05) is 0 Å². The number of carbonyl (C=O) groups excluding carboxylic acids is 1. The molecule has 0 fully saturated rings. The minimum atomic E-state index is -3.52. The second-order valence-electron chi connectivity index (χ2n) is 3.90. The molecule has 8 nitrogen and oxygen atoms in total. The largest absolute Gasteiger partial charge is 0.397 e. The van der Waals surface area contributed by atoms with Crippen LogP contribution in [-0.4, -0.2) is 41.1 Å². The molecule has 9 heteroatoms. The number of nitrogens with one attached hydrogen (secondary N) is 2. The van der Waals surface area contributed by atoms with Gasteiger partial charge in [0.25, 0.3) is 0 Å². The van der Waals surface area contributed by atoms with Gasteiger partial charge in [0.1, 0.15) is 6.61 Å². The first-order valence-electron chi connectivity index (χ1n) is 5.80. The molecule has 0 aliphatic carbocycles. The average Bonchev–Trinajstić information content (AvgIpc) is 2.39. The summed E-state index contributed by atoms with van der Waals surface area (Å²) < 4.78 is 30.5.